The molecule has 0 aliphatic heterocycles. The zero-order valence-electron chi connectivity index (χ0n) is 9.91. The van der Waals surface area contributed by atoms with Crippen LogP contribution in [0.4, 0.5) is 0 Å². The largest absolute Gasteiger partial charge is 0.481 e. The van der Waals surface area contributed by atoms with Crippen LogP contribution in [0.5, 0.6) is 5.88 Å². The second-order valence-corrected chi connectivity index (χ2v) is 4.42. The van der Waals surface area contributed by atoms with Crippen LogP contribution in [0.1, 0.15) is 37.7 Å². The number of pyridine rings is 1. The summed E-state index contributed by atoms with van der Waals surface area (Å²) in [6, 6.07) is 4.74. The fourth-order valence-corrected chi connectivity index (χ4v) is 2.24. The van der Waals surface area contributed by atoms with E-state index in [4.69, 9.17) is 4.74 Å². The van der Waals surface area contributed by atoms with Crippen LogP contribution in [0.2, 0.25) is 0 Å². The summed E-state index contributed by atoms with van der Waals surface area (Å²) in [6.07, 6.45) is 8.59. The Morgan fingerprint density at radius 1 is 1.38 bits per heavy atom. The lowest BCUT2D eigenvalue weighted by molar-refractivity contribution is 0.370. The van der Waals surface area contributed by atoms with Crippen molar-refractivity contribution in [1.29, 1.82) is 0 Å². The molecule has 0 radical (unpaired) electrons. The Hall–Kier alpha value is -1.09. The van der Waals surface area contributed by atoms with Crippen molar-refractivity contribution in [1.82, 2.24) is 10.3 Å². The molecule has 1 fully saturated rings. The molecule has 0 atom stereocenters. The Bertz CT molecular complexity index is 321. The molecule has 88 valence electrons. The number of nitrogens with one attached hydrogen (secondary N) is 1. The highest BCUT2D eigenvalue weighted by molar-refractivity contribution is 5.20. The van der Waals surface area contributed by atoms with Gasteiger partial charge in [-0.3, -0.25) is 0 Å². The topological polar surface area (TPSA) is 34.1 Å². The summed E-state index contributed by atoms with van der Waals surface area (Å²) in [6.45, 7) is 0.920. The number of hydrogen-bond acceptors (Lipinski definition) is 3. The van der Waals surface area contributed by atoms with Crippen molar-refractivity contribution in [2.24, 2.45) is 0 Å². The van der Waals surface area contributed by atoms with Gasteiger partial charge in [0.1, 0.15) is 0 Å². The van der Waals surface area contributed by atoms with Crippen molar-refractivity contribution in [3.63, 3.8) is 0 Å². The van der Waals surface area contributed by atoms with Gasteiger partial charge in [-0.2, -0.15) is 0 Å². The summed E-state index contributed by atoms with van der Waals surface area (Å²) in [5.41, 5.74) is 1.25. The smallest absolute Gasteiger partial charge is 0.213 e. The van der Waals surface area contributed by atoms with Crippen LogP contribution in [0.25, 0.3) is 0 Å². The molecule has 16 heavy (non-hydrogen) atoms. The molecular weight excluding hydrogens is 200 g/mol. The van der Waals surface area contributed by atoms with E-state index in [0.29, 0.717) is 11.9 Å². The highest BCUT2D eigenvalue weighted by atomic mass is 16.5. The third-order valence-electron chi connectivity index (χ3n) is 3.21. The maximum Gasteiger partial charge on any atom is 0.213 e. The number of aromatic nitrogens is 1. The Balaban J connectivity index is 1.83. The second-order valence-electron chi connectivity index (χ2n) is 4.42. The van der Waals surface area contributed by atoms with E-state index in [9.17, 15) is 0 Å². The van der Waals surface area contributed by atoms with Crippen LogP contribution in [0, 0.1) is 0 Å². The van der Waals surface area contributed by atoms with E-state index < -0.39 is 0 Å². The summed E-state index contributed by atoms with van der Waals surface area (Å²) in [7, 11) is 1.65. The van der Waals surface area contributed by atoms with Gasteiger partial charge in [0, 0.05) is 24.8 Å². The van der Waals surface area contributed by atoms with E-state index >= 15 is 0 Å². The van der Waals surface area contributed by atoms with Gasteiger partial charge in [-0.15, -0.1) is 0 Å². The van der Waals surface area contributed by atoms with Crippen LogP contribution in [-0.4, -0.2) is 18.1 Å². The summed E-state index contributed by atoms with van der Waals surface area (Å²) in [4.78, 5) is 4.10. The van der Waals surface area contributed by atoms with Crippen LogP contribution in [0.15, 0.2) is 18.3 Å². The van der Waals surface area contributed by atoms with E-state index in [-0.39, 0.29) is 0 Å². The van der Waals surface area contributed by atoms with E-state index in [1.54, 1.807) is 13.3 Å². The highest BCUT2D eigenvalue weighted by Gasteiger charge is 2.12. The number of methoxy groups -OCH3 is 1. The SMILES string of the molecule is COc1cc(CNC2CCCCC2)ccn1. The Kier molecular flexibility index (Phi) is 4.17. The van der Waals surface area contributed by atoms with E-state index in [1.807, 2.05) is 12.1 Å². The minimum atomic E-state index is 0.697. The maximum absolute atomic E-state index is 5.11. The van der Waals surface area contributed by atoms with Gasteiger partial charge in [0.05, 0.1) is 7.11 Å². The molecule has 0 amide bonds. The van der Waals surface area contributed by atoms with Gasteiger partial charge in [0.2, 0.25) is 5.88 Å². The molecule has 3 heteroatoms. The molecule has 1 aliphatic rings. The first-order chi connectivity index (χ1) is 7.88. The minimum absolute atomic E-state index is 0.697. The fourth-order valence-electron chi connectivity index (χ4n) is 2.24. The average molecular weight is 220 g/mol. The maximum atomic E-state index is 5.11. The molecule has 1 aromatic heterocycles. The lowest BCUT2D eigenvalue weighted by atomic mass is 9.95. The molecule has 1 saturated carbocycles. The van der Waals surface area contributed by atoms with Gasteiger partial charge in [-0.25, -0.2) is 4.98 Å². The van der Waals surface area contributed by atoms with Gasteiger partial charge in [0.15, 0.2) is 0 Å². The van der Waals surface area contributed by atoms with Crippen molar-refractivity contribution < 1.29 is 4.74 Å². The molecule has 0 bridgehead atoms. The summed E-state index contributed by atoms with van der Waals surface area (Å²) < 4.78 is 5.11. The number of hydrogen-bond donors (Lipinski definition) is 1. The Morgan fingerprint density at radius 3 is 2.94 bits per heavy atom. The van der Waals surface area contributed by atoms with Crippen molar-refractivity contribution in [3.05, 3.63) is 23.9 Å². The molecule has 1 N–H and O–H groups in total. The molecule has 1 aliphatic carbocycles. The second kappa shape index (κ2) is 5.85. The predicted octanol–water partition coefficient (Wildman–Crippen LogP) is 2.51. The summed E-state index contributed by atoms with van der Waals surface area (Å²) >= 11 is 0. The minimum Gasteiger partial charge on any atom is -0.481 e. The van der Waals surface area contributed by atoms with Crippen molar-refractivity contribution >= 4 is 0 Å². The van der Waals surface area contributed by atoms with E-state index in [0.717, 1.165) is 6.54 Å². The molecule has 3 nitrogen and oxygen atoms in total. The van der Waals surface area contributed by atoms with E-state index in [1.165, 1.54) is 37.7 Å². The van der Waals surface area contributed by atoms with Crippen molar-refractivity contribution in [2.75, 3.05) is 7.11 Å². The zero-order chi connectivity index (χ0) is 11.2. The van der Waals surface area contributed by atoms with Crippen molar-refractivity contribution in [3.8, 4) is 5.88 Å². The van der Waals surface area contributed by atoms with Crippen molar-refractivity contribution in [2.45, 2.75) is 44.7 Å². The lowest BCUT2D eigenvalue weighted by Crippen LogP contribution is -2.30. The number of nitrogens with zero attached hydrogens (tertiary/aromatic N) is 1. The number of ether oxygens (including phenoxy) is 1. The summed E-state index contributed by atoms with van der Waals surface area (Å²) in [5.74, 6) is 0.697. The van der Waals surface area contributed by atoms with Gasteiger partial charge in [0.25, 0.3) is 0 Å². The van der Waals surface area contributed by atoms with Crippen LogP contribution >= 0.6 is 0 Å². The van der Waals surface area contributed by atoms with Gasteiger partial charge in [-0.1, -0.05) is 19.3 Å². The standard InChI is InChI=1S/C13H20N2O/c1-16-13-9-11(7-8-14-13)10-15-12-5-3-2-4-6-12/h7-9,12,15H,2-6,10H2,1H3. The molecule has 0 saturated heterocycles. The molecule has 0 spiro atoms. The average Bonchev–Trinajstić information content (AvgIpc) is 2.38. The van der Waals surface area contributed by atoms with Crippen LogP contribution in [-0.2, 0) is 6.54 Å². The predicted molar refractivity (Wildman–Crippen MR) is 64.5 cm³/mol. The van der Waals surface area contributed by atoms with Gasteiger partial charge in [-0.05, 0) is 24.5 Å². The van der Waals surface area contributed by atoms with Gasteiger partial charge >= 0.3 is 0 Å². The first kappa shape index (κ1) is 11.4. The summed E-state index contributed by atoms with van der Waals surface area (Å²) in [5, 5.41) is 3.61. The molecule has 0 aromatic carbocycles. The lowest BCUT2D eigenvalue weighted by Gasteiger charge is -2.22. The third-order valence-corrected chi connectivity index (χ3v) is 3.21. The van der Waals surface area contributed by atoms with E-state index in [2.05, 4.69) is 10.3 Å². The first-order valence-electron chi connectivity index (χ1n) is 6.11. The van der Waals surface area contributed by atoms with Gasteiger partial charge < -0.3 is 10.1 Å². The normalized spacial score (nSPS) is 17.3. The Labute approximate surface area is 97.2 Å². The van der Waals surface area contributed by atoms with Crippen LogP contribution < -0.4 is 10.1 Å². The zero-order valence-corrected chi connectivity index (χ0v) is 9.91. The third kappa shape index (κ3) is 3.20. The monoisotopic (exact) mass is 220 g/mol. The molecule has 2 rings (SSSR count). The number of rotatable bonds is 4. The molecule has 1 aromatic rings. The Morgan fingerprint density at radius 2 is 2.19 bits per heavy atom. The fraction of sp³-hybridized carbons (Fsp3) is 0.615. The molecule has 1 heterocycles. The quantitative estimate of drug-likeness (QED) is 0.846. The van der Waals surface area contributed by atoms with Crippen LogP contribution in [0.3, 0.4) is 0 Å². The highest BCUT2D eigenvalue weighted by Crippen LogP contribution is 2.18. The molecule has 0 unspecified atom stereocenters. The molecular formula is C13H20N2O. The first-order valence-corrected chi connectivity index (χ1v) is 6.11.